The highest BCUT2D eigenvalue weighted by molar-refractivity contribution is 5.99. The lowest BCUT2D eigenvalue weighted by atomic mass is 10.0. The van der Waals surface area contributed by atoms with E-state index in [1.807, 2.05) is 30.3 Å². The number of likely N-dealkylation sites (tertiary alicyclic amines) is 1. The molecule has 1 heterocycles. The number of amides is 1. The third-order valence-corrected chi connectivity index (χ3v) is 3.43. The van der Waals surface area contributed by atoms with Crippen LogP contribution in [0.25, 0.3) is 0 Å². The summed E-state index contributed by atoms with van der Waals surface area (Å²) in [7, 11) is 1.25. The zero-order valence-electron chi connectivity index (χ0n) is 11.4. The maximum Gasteiger partial charge on any atom is 0.313 e. The predicted octanol–water partition coefficient (Wildman–Crippen LogP) is 1.17. The first-order valence-electron chi connectivity index (χ1n) is 6.51. The van der Waals surface area contributed by atoms with Gasteiger partial charge in [0.1, 0.15) is 12.2 Å². The van der Waals surface area contributed by atoms with Crippen molar-refractivity contribution in [1.29, 1.82) is 0 Å². The number of hydrogen-bond donors (Lipinski definition) is 0. The largest absolute Gasteiger partial charge is 0.469 e. The molecule has 0 spiro atoms. The van der Waals surface area contributed by atoms with Crippen LogP contribution in [0.3, 0.4) is 0 Å². The van der Waals surface area contributed by atoms with Gasteiger partial charge in [-0.15, -0.1) is 0 Å². The van der Waals surface area contributed by atoms with Gasteiger partial charge in [-0.05, 0) is 5.56 Å². The summed E-state index contributed by atoms with van der Waals surface area (Å²) in [5.41, 5.74) is 1.03. The van der Waals surface area contributed by atoms with Gasteiger partial charge in [-0.25, -0.2) is 0 Å². The molecular weight excluding hydrogens is 258 g/mol. The van der Waals surface area contributed by atoms with Crippen LogP contribution in [0.2, 0.25) is 0 Å². The van der Waals surface area contributed by atoms with Crippen LogP contribution < -0.4 is 0 Å². The van der Waals surface area contributed by atoms with Gasteiger partial charge in [0.15, 0.2) is 0 Å². The number of esters is 1. The summed E-state index contributed by atoms with van der Waals surface area (Å²) < 4.78 is 4.47. The smallest absolute Gasteiger partial charge is 0.313 e. The molecule has 0 unspecified atom stereocenters. The molecule has 1 aliphatic heterocycles. The van der Waals surface area contributed by atoms with Crippen molar-refractivity contribution in [1.82, 2.24) is 4.90 Å². The van der Waals surface area contributed by atoms with Crippen LogP contribution in [-0.4, -0.2) is 36.2 Å². The molecule has 5 heteroatoms. The molecule has 5 nitrogen and oxygen atoms in total. The summed E-state index contributed by atoms with van der Waals surface area (Å²) >= 11 is 0. The van der Waals surface area contributed by atoms with E-state index in [9.17, 15) is 14.4 Å². The first-order chi connectivity index (χ1) is 9.60. The van der Waals surface area contributed by atoms with Gasteiger partial charge in [0, 0.05) is 25.4 Å². The molecule has 0 radical (unpaired) electrons. The van der Waals surface area contributed by atoms with Gasteiger partial charge >= 0.3 is 5.97 Å². The molecule has 20 heavy (non-hydrogen) atoms. The Bertz CT molecular complexity index is 512. The van der Waals surface area contributed by atoms with Gasteiger partial charge in [-0.3, -0.25) is 14.4 Å². The molecule has 1 aliphatic rings. The van der Waals surface area contributed by atoms with E-state index < -0.39 is 11.9 Å². The van der Waals surface area contributed by atoms with Crippen LogP contribution in [0, 0.1) is 5.92 Å². The fourth-order valence-corrected chi connectivity index (χ4v) is 2.30. The quantitative estimate of drug-likeness (QED) is 0.597. The molecule has 1 fully saturated rings. The van der Waals surface area contributed by atoms with E-state index in [0.29, 0.717) is 13.1 Å². The average Bonchev–Trinajstić information content (AvgIpc) is 2.81. The minimum atomic E-state index is -0.552. The number of hydrogen-bond acceptors (Lipinski definition) is 4. The number of Topliss-reactive ketones (excluding diaryl/α,β-unsaturated/α-hetero) is 1. The number of ether oxygens (including phenoxy) is 1. The van der Waals surface area contributed by atoms with Crippen molar-refractivity contribution in [3.63, 3.8) is 0 Å². The molecule has 0 aromatic heterocycles. The average molecular weight is 275 g/mol. The summed E-state index contributed by atoms with van der Waals surface area (Å²) in [6.07, 6.45) is -0.0731. The van der Waals surface area contributed by atoms with Crippen molar-refractivity contribution in [2.24, 2.45) is 5.92 Å². The number of nitrogens with zero attached hydrogens (tertiary/aromatic N) is 1. The van der Waals surface area contributed by atoms with Crippen molar-refractivity contribution in [2.45, 2.75) is 19.4 Å². The van der Waals surface area contributed by atoms with Crippen LogP contribution in [0.5, 0.6) is 0 Å². The van der Waals surface area contributed by atoms with Crippen LogP contribution in [0.4, 0.5) is 0 Å². The summed E-state index contributed by atoms with van der Waals surface area (Å²) in [6.45, 7) is 0.880. The first kappa shape index (κ1) is 14.2. The Labute approximate surface area is 117 Å². The van der Waals surface area contributed by atoms with E-state index in [4.69, 9.17) is 0 Å². The van der Waals surface area contributed by atoms with Crippen LogP contribution in [0.15, 0.2) is 30.3 Å². The van der Waals surface area contributed by atoms with Gasteiger partial charge in [-0.2, -0.15) is 0 Å². The molecule has 0 N–H and O–H groups in total. The van der Waals surface area contributed by atoms with Gasteiger partial charge in [-0.1, -0.05) is 30.3 Å². The van der Waals surface area contributed by atoms with Gasteiger partial charge < -0.3 is 9.64 Å². The maximum absolute atomic E-state index is 11.9. The first-order valence-corrected chi connectivity index (χ1v) is 6.51. The van der Waals surface area contributed by atoms with E-state index in [1.165, 1.54) is 7.11 Å². The maximum atomic E-state index is 11.9. The van der Waals surface area contributed by atoms with Gasteiger partial charge in [0.05, 0.1) is 7.11 Å². The lowest BCUT2D eigenvalue weighted by Crippen LogP contribution is -2.26. The third kappa shape index (κ3) is 3.44. The summed E-state index contributed by atoms with van der Waals surface area (Å²) in [5, 5.41) is 0. The second-order valence-electron chi connectivity index (χ2n) is 4.88. The number of rotatable bonds is 5. The fourth-order valence-electron chi connectivity index (χ4n) is 2.30. The molecule has 2 rings (SSSR count). The van der Waals surface area contributed by atoms with Crippen LogP contribution in [0.1, 0.15) is 18.4 Å². The van der Waals surface area contributed by atoms with E-state index >= 15 is 0 Å². The zero-order valence-corrected chi connectivity index (χ0v) is 11.4. The zero-order chi connectivity index (χ0) is 14.5. The molecular formula is C15H17NO4. The molecule has 0 bridgehead atoms. The highest BCUT2D eigenvalue weighted by atomic mass is 16.5. The molecule has 1 saturated heterocycles. The van der Waals surface area contributed by atoms with E-state index in [2.05, 4.69) is 4.74 Å². The van der Waals surface area contributed by atoms with Crippen molar-refractivity contribution >= 4 is 17.7 Å². The monoisotopic (exact) mass is 275 g/mol. The lowest BCUT2D eigenvalue weighted by Gasteiger charge is -2.16. The normalized spacial score (nSPS) is 18.1. The summed E-state index contributed by atoms with van der Waals surface area (Å²) in [4.78, 5) is 36.5. The highest BCUT2D eigenvalue weighted by Crippen LogP contribution is 2.22. The van der Waals surface area contributed by atoms with E-state index in [1.54, 1.807) is 4.90 Å². The standard InChI is InChI=1S/C15H17NO4/c1-20-15(19)8-13(17)12-7-14(18)16(10-12)9-11-5-3-2-4-6-11/h2-6,12H,7-10H2,1H3/t12-/m0/s1. The Morgan fingerprint density at radius 2 is 2.00 bits per heavy atom. The number of ketones is 1. The Morgan fingerprint density at radius 3 is 2.65 bits per heavy atom. The SMILES string of the molecule is COC(=O)CC(=O)[C@H]1CC(=O)N(Cc2ccccc2)C1. The van der Waals surface area contributed by atoms with Crippen molar-refractivity contribution in [3.8, 4) is 0 Å². The minimum absolute atomic E-state index is 0.0444. The van der Waals surface area contributed by atoms with Crippen molar-refractivity contribution in [2.75, 3.05) is 13.7 Å². The number of benzene rings is 1. The molecule has 106 valence electrons. The highest BCUT2D eigenvalue weighted by Gasteiger charge is 2.34. The Hall–Kier alpha value is -2.17. The summed E-state index contributed by atoms with van der Waals surface area (Å²) in [5.74, 6) is -1.22. The Morgan fingerprint density at radius 1 is 1.30 bits per heavy atom. The van der Waals surface area contributed by atoms with Crippen molar-refractivity contribution < 1.29 is 19.1 Å². The van der Waals surface area contributed by atoms with E-state index in [-0.39, 0.29) is 24.5 Å². The fraction of sp³-hybridized carbons (Fsp3) is 0.400. The molecule has 1 amide bonds. The number of carbonyl (C=O) groups is 3. The summed E-state index contributed by atoms with van der Waals surface area (Å²) in [6, 6.07) is 9.62. The molecule has 0 saturated carbocycles. The topological polar surface area (TPSA) is 63.7 Å². The molecule has 1 aromatic rings. The van der Waals surface area contributed by atoms with Crippen molar-refractivity contribution in [3.05, 3.63) is 35.9 Å². The number of methoxy groups -OCH3 is 1. The van der Waals surface area contributed by atoms with Crippen LogP contribution >= 0.6 is 0 Å². The van der Waals surface area contributed by atoms with Gasteiger partial charge in [0.2, 0.25) is 5.91 Å². The minimum Gasteiger partial charge on any atom is -0.469 e. The second kappa shape index (κ2) is 6.32. The Balaban J connectivity index is 1.93. The van der Waals surface area contributed by atoms with Crippen LogP contribution in [-0.2, 0) is 25.7 Å². The molecule has 1 aromatic carbocycles. The van der Waals surface area contributed by atoms with Gasteiger partial charge in [0.25, 0.3) is 0 Å². The molecule has 1 atom stereocenters. The predicted molar refractivity (Wildman–Crippen MR) is 71.6 cm³/mol. The van der Waals surface area contributed by atoms with E-state index in [0.717, 1.165) is 5.56 Å². The second-order valence-corrected chi connectivity index (χ2v) is 4.88. The Kier molecular flexibility index (Phi) is 4.50. The molecule has 0 aliphatic carbocycles. The number of carbonyl (C=O) groups excluding carboxylic acids is 3. The lowest BCUT2D eigenvalue weighted by molar-refractivity contribution is -0.144. The third-order valence-electron chi connectivity index (χ3n) is 3.43.